The van der Waals surface area contributed by atoms with Gasteiger partial charge in [0.2, 0.25) is 0 Å². The number of rotatable bonds is 6. The van der Waals surface area contributed by atoms with Crippen LogP contribution in [0.3, 0.4) is 0 Å². The van der Waals surface area contributed by atoms with Crippen LogP contribution in [0.2, 0.25) is 0 Å². The number of anilines is 1. The SMILES string of the molecule is C=C(C)c1nc(NC2CCN(Cc3ccc4c(c3C)C=C(C#N)C4)CC2)c2cc(CC(F)(F)F)sc2n1. The molecule has 3 aromatic rings. The van der Waals surface area contributed by atoms with E-state index in [0.717, 1.165) is 55.8 Å². The summed E-state index contributed by atoms with van der Waals surface area (Å²) in [6.07, 6.45) is -0.709. The second-order valence-corrected chi connectivity index (χ2v) is 11.1. The summed E-state index contributed by atoms with van der Waals surface area (Å²) in [4.78, 5) is 12.3. The van der Waals surface area contributed by atoms with Crippen LogP contribution in [0, 0.1) is 18.3 Å². The zero-order valence-electron chi connectivity index (χ0n) is 20.9. The number of fused-ring (bicyclic) bond motifs is 2. The van der Waals surface area contributed by atoms with E-state index in [-0.39, 0.29) is 10.9 Å². The number of hydrogen-bond acceptors (Lipinski definition) is 6. The lowest BCUT2D eigenvalue weighted by Gasteiger charge is -2.33. The molecule has 9 heteroatoms. The number of nitriles is 1. The molecule has 5 rings (SSSR count). The second kappa shape index (κ2) is 9.92. The fraction of sp³-hybridized carbons (Fsp3) is 0.393. The molecule has 1 aliphatic carbocycles. The number of hydrogen-bond donors (Lipinski definition) is 1. The molecule has 5 nitrogen and oxygen atoms in total. The summed E-state index contributed by atoms with van der Waals surface area (Å²) in [5.41, 5.74) is 6.41. The number of thiophene rings is 1. The Morgan fingerprint density at radius 3 is 2.70 bits per heavy atom. The predicted octanol–water partition coefficient (Wildman–Crippen LogP) is 6.68. The number of benzene rings is 1. The molecule has 0 bridgehead atoms. The van der Waals surface area contributed by atoms with Gasteiger partial charge in [0.15, 0.2) is 5.82 Å². The minimum absolute atomic E-state index is 0.167. The smallest absolute Gasteiger partial charge is 0.367 e. The van der Waals surface area contributed by atoms with Gasteiger partial charge in [0.25, 0.3) is 0 Å². The maximum Gasteiger partial charge on any atom is 0.393 e. The Labute approximate surface area is 218 Å². The highest BCUT2D eigenvalue weighted by atomic mass is 32.1. The first-order chi connectivity index (χ1) is 17.6. The van der Waals surface area contributed by atoms with E-state index in [1.807, 2.05) is 6.08 Å². The van der Waals surface area contributed by atoms with Gasteiger partial charge in [0.05, 0.1) is 17.9 Å². The first-order valence-corrected chi connectivity index (χ1v) is 13.2. The third-order valence-electron chi connectivity index (χ3n) is 7.08. The van der Waals surface area contributed by atoms with Crippen LogP contribution in [0.25, 0.3) is 21.9 Å². The molecule has 0 atom stereocenters. The van der Waals surface area contributed by atoms with Gasteiger partial charge >= 0.3 is 6.18 Å². The number of allylic oxidation sites excluding steroid dienone is 2. The minimum Gasteiger partial charge on any atom is -0.367 e. The quantitative estimate of drug-likeness (QED) is 0.391. The summed E-state index contributed by atoms with van der Waals surface area (Å²) in [6, 6.07) is 8.33. The lowest BCUT2D eigenvalue weighted by molar-refractivity contribution is -0.126. The topological polar surface area (TPSA) is 64.8 Å². The van der Waals surface area contributed by atoms with Crippen molar-refractivity contribution in [2.75, 3.05) is 18.4 Å². The molecule has 1 fully saturated rings. The summed E-state index contributed by atoms with van der Waals surface area (Å²) < 4.78 is 39.0. The second-order valence-electron chi connectivity index (χ2n) is 9.98. The molecule has 0 saturated carbocycles. The molecule has 1 aliphatic heterocycles. The normalized spacial score (nSPS) is 16.5. The fourth-order valence-corrected chi connectivity index (χ4v) is 6.14. The highest BCUT2D eigenvalue weighted by Gasteiger charge is 2.29. The molecule has 1 N–H and O–H groups in total. The lowest BCUT2D eigenvalue weighted by Crippen LogP contribution is -2.39. The Morgan fingerprint density at radius 1 is 1.27 bits per heavy atom. The van der Waals surface area contributed by atoms with Crippen molar-refractivity contribution in [3.05, 3.63) is 63.3 Å². The van der Waals surface area contributed by atoms with Crippen molar-refractivity contribution in [1.82, 2.24) is 14.9 Å². The third kappa shape index (κ3) is 5.55. The predicted molar refractivity (Wildman–Crippen MR) is 142 cm³/mol. The van der Waals surface area contributed by atoms with Crippen LogP contribution in [-0.2, 0) is 19.4 Å². The average molecular weight is 524 g/mol. The molecule has 0 unspecified atom stereocenters. The van der Waals surface area contributed by atoms with Gasteiger partial charge in [-0.3, -0.25) is 4.90 Å². The van der Waals surface area contributed by atoms with Crippen LogP contribution in [0.5, 0.6) is 0 Å². The fourth-order valence-electron chi connectivity index (χ4n) is 5.08. The van der Waals surface area contributed by atoms with Crippen LogP contribution in [-0.4, -0.2) is 40.2 Å². The molecule has 1 saturated heterocycles. The zero-order valence-corrected chi connectivity index (χ0v) is 21.7. The molecule has 0 radical (unpaired) electrons. The van der Waals surface area contributed by atoms with Gasteiger partial charge in [-0.2, -0.15) is 18.4 Å². The Balaban J connectivity index is 1.28. The number of alkyl halides is 3. The average Bonchev–Trinajstić information content (AvgIpc) is 3.44. The van der Waals surface area contributed by atoms with Gasteiger partial charge in [-0.25, -0.2) is 9.97 Å². The van der Waals surface area contributed by atoms with Gasteiger partial charge in [-0.05, 0) is 66.7 Å². The Hall–Kier alpha value is -3.22. The summed E-state index contributed by atoms with van der Waals surface area (Å²) in [5, 5.41) is 13.4. The van der Waals surface area contributed by atoms with Gasteiger partial charge < -0.3 is 5.32 Å². The van der Waals surface area contributed by atoms with Crippen molar-refractivity contribution in [2.24, 2.45) is 0 Å². The summed E-state index contributed by atoms with van der Waals surface area (Å²) in [6.45, 7) is 10.5. The maximum absolute atomic E-state index is 13.0. The highest BCUT2D eigenvalue weighted by molar-refractivity contribution is 7.18. The lowest BCUT2D eigenvalue weighted by atomic mass is 9.97. The number of aromatic nitrogens is 2. The van der Waals surface area contributed by atoms with Gasteiger partial charge in [-0.1, -0.05) is 18.7 Å². The Morgan fingerprint density at radius 2 is 2.03 bits per heavy atom. The largest absolute Gasteiger partial charge is 0.393 e. The maximum atomic E-state index is 13.0. The van der Waals surface area contributed by atoms with Crippen LogP contribution < -0.4 is 5.32 Å². The van der Waals surface area contributed by atoms with Gasteiger partial charge in [0.1, 0.15) is 10.6 Å². The molecule has 0 spiro atoms. The first-order valence-electron chi connectivity index (χ1n) is 12.3. The van der Waals surface area contributed by atoms with Crippen molar-refractivity contribution in [2.45, 2.75) is 58.3 Å². The van der Waals surface area contributed by atoms with Crippen LogP contribution in [0.15, 0.2) is 30.4 Å². The molecule has 2 aromatic heterocycles. The number of likely N-dealkylation sites (tertiary alicyclic amines) is 1. The van der Waals surface area contributed by atoms with Crippen LogP contribution in [0.1, 0.15) is 52.7 Å². The van der Waals surface area contributed by atoms with E-state index in [0.29, 0.717) is 27.4 Å². The summed E-state index contributed by atoms with van der Waals surface area (Å²) >= 11 is 1.06. The molecular weight excluding hydrogens is 495 g/mol. The third-order valence-corrected chi connectivity index (χ3v) is 8.11. The van der Waals surface area contributed by atoms with Crippen LogP contribution >= 0.6 is 11.3 Å². The van der Waals surface area contributed by atoms with Crippen molar-refractivity contribution in [3.8, 4) is 6.07 Å². The van der Waals surface area contributed by atoms with E-state index in [9.17, 15) is 18.4 Å². The van der Waals surface area contributed by atoms with Crippen molar-refractivity contribution >= 4 is 39.0 Å². The van der Waals surface area contributed by atoms with Crippen molar-refractivity contribution in [1.29, 1.82) is 5.26 Å². The van der Waals surface area contributed by atoms with E-state index >= 15 is 0 Å². The van der Waals surface area contributed by atoms with Crippen LogP contribution in [0.4, 0.5) is 19.0 Å². The number of nitrogens with one attached hydrogen (secondary N) is 1. The Kier molecular flexibility index (Phi) is 6.82. The molecule has 2 aliphatic rings. The van der Waals surface area contributed by atoms with E-state index < -0.39 is 12.6 Å². The number of halogens is 3. The minimum atomic E-state index is -4.27. The van der Waals surface area contributed by atoms with Gasteiger partial charge in [0, 0.05) is 42.5 Å². The first kappa shape index (κ1) is 25.4. The van der Waals surface area contributed by atoms with Gasteiger partial charge in [-0.15, -0.1) is 11.3 Å². The Bertz CT molecular complexity index is 1440. The van der Waals surface area contributed by atoms with Crippen molar-refractivity contribution in [3.63, 3.8) is 0 Å². The molecule has 0 amide bonds. The molecule has 192 valence electrons. The molecule has 37 heavy (non-hydrogen) atoms. The van der Waals surface area contributed by atoms with E-state index in [2.05, 4.69) is 51.9 Å². The number of nitrogens with zero attached hydrogens (tertiary/aromatic N) is 4. The summed E-state index contributed by atoms with van der Waals surface area (Å²) in [5.74, 6) is 1.04. The molecule has 3 heterocycles. The molecule has 1 aromatic carbocycles. The zero-order chi connectivity index (χ0) is 26.3. The van der Waals surface area contributed by atoms with E-state index in [1.54, 1.807) is 13.0 Å². The van der Waals surface area contributed by atoms with E-state index in [1.165, 1.54) is 22.3 Å². The van der Waals surface area contributed by atoms with E-state index in [4.69, 9.17) is 0 Å². The number of piperidine rings is 1. The highest BCUT2D eigenvalue weighted by Crippen LogP contribution is 2.35. The molecular formula is C28H28F3N5S. The van der Waals surface area contributed by atoms with Crippen molar-refractivity contribution < 1.29 is 13.2 Å². The summed E-state index contributed by atoms with van der Waals surface area (Å²) in [7, 11) is 0. The monoisotopic (exact) mass is 523 g/mol. The standard InChI is InChI=1S/C28H28F3N5S/c1-16(2)25-34-26(24-12-22(13-28(29,30)31)37-27(24)35-25)33-21-6-8-36(9-7-21)15-20-5-4-19-10-18(14-32)11-23(19)17(20)3/h4-5,11-12,21H,1,6-10,13,15H2,2-3H3,(H,33,34,35).